The summed E-state index contributed by atoms with van der Waals surface area (Å²) in [5, 5.41) is 3.12. The van der Waals surface area contributed by atoms with Crippen LogP contribution in [0.4, 0.5) is 5.69 Å². The second-order valence-electron chi connectivity index (χ2n) is 6.90. The molecule has 1 amide bonds. The fourth-order valence-corrected chi connectivity index (χ4v) is 3.89. The van der Waals surface area contributed by atoms with E-state index in [1.165, 1.54) is 0 Å². The summed E-state index contributed by atoms with van der Waals surface area (Å²) in [6.07, 6.45) is 0. The van der Waals surface area contributed by atoms with Crippen LogP contribution in [0, 0.1) is 0 Å². The maximum absolute atomic E-state index is 13.4. The van der Waals surface area contributed by atoms with Gasteiger partial charge in [-0.15, -0.1) is 0 Å². The van der Waals surface area contributed by atoms with Crippen molar-refractivity contribution in [2.75, 3.05) is 19.0 Å². The molecule has 0 bridgehead atoms. The van der Waals surface area contributed by atoms with Crippen LogP contribution in [0.2, 0.25) is 0 Å². The van der Waals surface area contributed by atoms with Crippen molar-refractivity contribution in [2.24, 2.45) is 0 Å². The van der Waals surface area contributed by atoms with Gasteiger partial charge in [-0.05, 0) is 34.4 Å². The molecule has 26 heavy (non-hydrogen) atoms. The van der Waals surface area contributed by atoms with Crippen LogP contribution in [-0.2, 0) is 16.8 Å². The zero-order valence-electron chi connectivity index (χ0n) is 15.1. The van der Waals surface area contributed by atoms with Gasteiger partial charge in [0, 0.05) is 26.3 Å². The van der Waals surface area contributed by atoms with Crippen molar-refractivity contribution in [3.8, 4) is 0 Å². The monoisotopic (exact) mass is 342 g/mol. The van der Waals surface area contributed by atoms with E-state index in [0.29, 0.717) is 6.54 Å². The highest BCUT2D eigenvalue weighted by atomic mass is 16.2. The molecular formula is C23H22N2O. The van der Waals surface area contributed by atoms with Gasteiger partial charge in [0.05, 0.1) is 0 Å². The average molecular weight is 342 g/mol. The number of hydrogen-bond acceptors (Lipinski definition) is 2. The molecule has 0 saturated carbocycles. The molecule has 0 radical (unpaired) electrons. The average Bonchev–Trinajstić information content (AvgIpc) is 2.69. The van der Waals surface area contributed by atoms with Gasteiger partial charge >= 0.3 is 0 Å². The van der Waals surface area contributed by atoms with Crippen LogP contribution in [0.1, 0.15) is 22.3 Å². The molecular weight excluding hydrogens is 320 g/mol. The lowest BCUT2D eigenvalue weighted by Crippen LogP contribution is -2.50. The van der Waals surface area contributed by atoms with Crippen LogP contribution in [0.3, 0.4) is 0 Å². The number of fused-ring (bicyclic) bond motifs is 1. The molecule has 4 rings (SSSR count). The van der Waals surface area contributed by atoms with Gasteiger partial charge in [-0.3, -0.25) is 4.79 Å². The van der Waals surface area contributed by atoms with E-state index in [1.807, 2.05) is 74.8 Å². The first-order valence-electron chi connectivity index (χ1n) is 8.84. The van der Waals surface area contributed by atoms with Crippen molar-refractivity contribution in [3.63, 3.8) is 0 Å². The highest BCUT2D eigenvalue weighted by molar-refractivity contribution is 5.98. The molecule has 0 aromatic heterocycles. The first-order valence-corrected chi connectivity index (χ1v) is 8.84. The van der Waals surface area contributed by atoms with Crippen molar-refractivity contribution >= 4 is 11.6 Å². The van der Waals surface area contributed by atoms with Crippen LogP contribution in [0.25, 0.3) is 0 Å². The predicted molar refractivity (Wildman–Crippen MR) is 105 cm³/mol. The minimum absolute atomic E-state index is 0.0262. The SMILES string of the molecule is CN(C)c1ccc2c(c1)C(c1ccccc1)(c1ccccc1)C(=O)NC2. The Labute approximate surface area is 154 Å². The van der Waals surface area contributed by atoms with Gasteiger partial charge in [0.25, 0.3) is 0 Å². The second-order valence-corrected chi connectivity index (χ2v) is 6.90. The van der Waals surface area contributed by atoms with Crippen LogP contribution < -0.4 is 10.2 Å². The molecule has 1 aliphatic heterocycles. The molecule has 3 heteroatoms. The number of amides is 1. The third-order valence-electron chi connectivity index (χ3n) is 5.21. The minimum Gasteiger partial charge on any atom is -0.378 e. The Balaban J connectivity index is 2.09. The standard InChI is InChI=1S/C23H22N2O/c1-25(2)20-14-13-17-16-24-22(26)23(21(17)15-20,18-9-5-3-6-10-18)19-11-7-4-8-12-19/h3-15H,16H2,1-2H3,(H,24,26). The quantitative estimate of drug-likeness (QED) is 0.787. The van der Waals surface area contributed by atoms with E-state index in [4.69, 9.17) is 0 Å². The van der Waals surface area contributed by atoms with E-state index in [-0.39, 0.29) is 5.91 Å². The van der Waals surface area contributed by atoms with Gasteiger partial charge in [-0.2, -0.15) is 0 Å². The first kappa shape index (κ1) is 16.4. The van der Waals surface area contributed by atoms with E-state index in [2.05, 4.69) is 28.4 Å². The lowest BCUT2D eigenvalue weighted by atomic mass is 9.66. The van der Waals surface area contributed by atoms with Crippen molar-refractivity contribution in [2.45, 2.75) is 12.0 Å². The summed E-state index contributed by atoms with van der Waals surface area (Å²) in [4.78, 5) is 15.5. The van der Waals surface area contributed by atoms with Gasteiger partial charge in [0.15, 0.2) is 0 Å². The molecule has 0 spiro atoms. The van der Waals surface area contributed by atoms with Gasteiger partial charge in [-0.1, -0.05) is 66.7 Å². The molecule has 3 aromatic carbocycles. The van der Waals surface area contributed by atoms with E-state index in [9.17, 15) is 4.79 Å². The van der Waals surface area contributed by atoms with Crippen molar-refractivity contribution in [1.29, 1.82) is 0 Å². The molecule has 0 saturated heterocycles. The fourth-order valence-electron chi connectivity index (χ4n) is 3.89. The molecule has 0 unspecified atom stereocenters. The number of carbonyl (C=O) groups is 1. The largest absolute Gasteiger partial charge is 0.378 e. The Morgan fingerprint density at radius 2 is 1.42 bits per heavy atom. The molecule has 1 heterocycles. The Kier molecular flexibility index (Phi) is 4.00. The summed E-state index contributed by atoms with van der Waals surface area (Å²) in [5.74, 6) is 0.0262. The number of benzene rings is 3. The van der Waals surface area contributed by atoms with Crippen LogP contribution in [0.5, 0.6) is 0 Å². The van der Waals surface area contributed by atoms with E-state index >= 15 is 0 Å². The van der Waals surface area contributed by atoms with Crippen molar-refractivity contribution in [1.82, 2.24) is 5.32 Å². The number of carbonyl (C=O) groups excluding carboxylic acids is 1. The maximum atomic E-state index is 13.4. The molecule has 1 N–H and O–H groups in total. The van der Waals surface area contributed by atoms with Crippen LogP contribution >= 0.6 is 0 Å². The third kappa shape index (κ3) is 2.39. The number of rotatable bonds is 3. The van der Waals surface area contributed by atoms with Gasteiger partial charge in [0.1, 0.15) is 5.41 Å². The van der Waals surface area contributed by atoms with Gasteiger partial charge in [-0.25, -0.2) is 0 Å². The maximum Gasteiger partial charge on any atom is 0.239 e. The molecule has 0 atom stereocenters. The Morgan fingerprint density at radius 3 is 1.96 bits per heavy atom. The minimum atomic E-state index is -0.845. The van der Waals surface area contributed by atoms with E-state index < -0.39 is 5.41 Å². The topological polar surface area (TPSA) is 32.3 Å². The van der Waals surface area contributed by atoms with Crippen LogP contribution in [-0.4, -0.2) is 20.0 Å². The molecule has 0 aliphatic carbocycles. The second kappa shape index (κ2) is 6.34. The Bertz CT molecular complexity index is 893. The number of nitrogens with one attached hydrogen (secondary N) is 1. The zero-order valence-corrected chi connectivity index (χ0v) is 15.1. The molecule has 0 fully saturated rings. The molecule has 130 valence electrons. The first-order chi connectivity index (χ1) is 12.6. The summed E-state index contributed by atoms with van der Waals surface area (Å²) >= 11 is 0. The lowest BCUT2D eigenvalue weighted by Gasteiger charge is -2.39. The highest BCUT2D eigenvalue weighted by Crippen LogP contribution is 2.44. The summed E-state index contributed by atoms with van der Waals surface area (Å²) in [6, 6.07) is 26.5. The number of hydrogen-bond donors (Lipinski definition) is 1. The van der Waals surface area contributed by atoms with Crippen molar-refractivity contribution in [3.05, 3.63) is 101 Å². The smallest absolute Gasteiger partial charge is 0.239 e. The molecule has 3 nitrogen and oxygen atoms in total. The number of nitrogens with zero attached hydrogens (tertiary/aromatic N) is 1. The Hall–Kier alpha value is -3.07. The van der Waals surface area contributed by atoms with Gasteiger partial charge < -0.3 is 10.2 Å². The number of anilines is 1. The van der Waals surface area contributed by atoms with E-state index in [1.54, 1.807) is 0 Å². The fraction of sp³-hybridized carbons (Fsp3) is 0.174. The molecule has 3 aromatic rings. The summed E-state index contributed by atoms with van der Waals surface area (Å²) < 4.78 is 0. The predicted octanol–water partition coefficient (Wildman–Crippen LogP) is 3.72. The molecule has 1 aliphatic rings. The summed E-state index contributed by atoms with van der Waals surface area (Å²) in [7, 11) is 4.05. The van der Waals surface area contributed by atoms with Gasteiger partial charge in [0.2, 0.25) is 5.91 Å². The van der Waals surface area contributed by atoms with Crippen molar-refractivity contribution < 1.29 is 4.79 Å². The third-order valence-corrected chi connectivity index (χ3v) is 5.21. The Morgan fingerprint density at radius 1 is 0.846 bits per heavy atom. The lowest BCUT2D eigenvalue weighted by molar-refractivity contribution is -0.124. The normalized spacial score (nSPS) is 15.1. The summed E-state index contributed by atoms with van der Waals surface area (Å²) in [5.41, 5.74) is 4.44. The summed E-state index contributed by atoms with van der Waals surface area (Å²) in [6.45, 7) is 0.559. The van der Waals surface area contributed by atoms with Crippen LogP contribution in [0.15, 0.2) is 78.9 Å². The van der Waals surface area contributed by atoms with E-state index in [0.717, 1.165) is 27.9 Å². The zero-order chi connectivity index (χ0) is 18.1. The highest BCUT2D eigenvalue weighted by Gasteiger charge is 2.47.